The molecule has 3 nitrogen and oxygen atoms in total. The number of hydrogen-bond acceptors (Lipinski definition) is 2. The highest BCUT2D eigenvalue weighted by Gasteiger charge is 2.26. The lowest BCUT2D eigenvalue weighted by atomic mass is 9.97. The average Bonchev–Trinajstić information content (AvgIpc) is 2.85. The number of benzene rings is 3. The van der Waals surface area contributed by atoms with Gasteiger partial charge < -0.3 is 5.32 Å². The van der Waals surface area contributed by atoms with Crippen molar-refractivity contribution in [1.29, 1.82) is 0 Å². The zero-order chi connectivity index (χ0) is 21.3. The predicted octanol–water partition coefficient (Wildman–Crippen LogP) is 6.00. The molecule has 0 aliphatic carbocycles. The van der Waals surface area contributed by atoms with Crippen molar-refractivity contribution in [2.24, 2.45) is 4.99 Å². The molecule has 0 radical (unpaired) electrons. The molecule has 1 unspecified atom stereocenters. The van der Waals surface area contributed by atoms with E-state index in [-0.39, 0.29) is 11.7 Å². The van der Waals surface area contributed by atoms with Gasteiger partial charge in [-0.1, -0.05) is 49.7 Å². The smallest absolute Gasteiger partial charge is 0.249 e. The summed E-state index contributed by atoms with van der Waals surface area (Å²) >= 11 is 6.23. The summed E-state index contributed by atoms with van der Waals surface area (Å²) in [7, 11) is 0. The van der Waals surface area contributed by atoms with E-state index in [2.05, 4.69) is 31.3 Å². The monoisotopic (exact) mass is 420 g/mol. The Bertz CT molecular complexity index is 1120. The van der Waals surface area contributed by atoms with E-state index < -0.39 is 6.04 Å². The summed E-state index contributed by atoms with van der Waals surface area (Å²) in [6.45, 7) is 4.28. The zero-order valence-electron chi connectivity index (χ0n) is 16.8. The minimum absolute atomic E-state index is 0.175. The fourth-order valence-corrected chi connectivity index (χ4v) is 3.77. The first-order valence-corrected chi connectivity index (χ1v) is 10.3. The Morgan fingerprint density at radius 3 is 2.57 bits per heavy atom. The molecule has 1 aliphatic rings. The molecule has 1 aliphatic heterocycles. The Labute approximate surface area is 180 Å². The van der Waals surface area contributed by atoms with Crippen LogP contribution in [0.2, 0.25) is 5.02 Å². The molecule has 5 heteroatoms. The maximum atomic E-state index is 13.5. The van der Waals surface area contributed by atoms with E-state index in [1.54, 1.807) is 30.3 Å². The van der Waals surface area contributed by atoms with E-state index in [4.69, 9.17) is 16.6 Å². The molecule has 0 saturated carbocycles. The highest BCUT2D eigenvalue weighted by Crippen LogP contribution is 2.28. The number of nitrogens with zero attached hydrogens (tertiary/aromatic N) is 1. The van der Waals surface area contributed by atoms with Gasteiger partial charge in [-0.2, -0.15) is 0 Å². The number of rotatable bonds is 4. The van der Waals surface area contributed by atoms with Crippen LogP contribution in [0, 0.1) is 5.82 Å². The van der Waals surface area contributed by atoms with E-state index in [0.29, 0.717) is 28.8 Å². The van der Waals surface area contributed by atoms with Crippen LogP contribution in [0.25, 0.3) is 0 Å². The van der Waals surface area contributed by atoms with Gasteiger partial charge in [-0.25, -0.2) is 4.39 Å². The second kappa shape index (κ2) is 8.41. The third-order valence-corrected chi connectivity index (χ3v) is 5.48. The Morgan fingerprint density at radius 2 is 1.83 bits per heavy atom. The molecular weight excluding hydrogens is 399 g/mol. The van der Waals surface area contributed by atoms with Crippen molar-refractivity contribution < 1.29 is 9.18 Å². The van der Waals surface area contributed by atoms with Gasteiger partial charge in [-0.15, -0.1) is 0 Å². The van der Waals surface area contributed by atoms with Crippen LogP contribution in [-0.2, 0) is 11.2 Å². The molecule has 152 valence electrons. The zero-order valence-corrected chi connectivity index (χ0v) is 17.6. The molecule has 0 saturated heterocycles. The Morgan fingerprint density at radius 1 is 1.07 bits per heavy atom. The van der Waals surface area contributed by atoms with Gasteiger partial charge in [0.25, 0.3) is 0 Å². The molecule has 1 atom stereocenters. The highest BCUT2D eigenvalue weighted by atomic mass is 35.5. The summed E-state index contributed by atoms with van der Waals surface area (Å²) in [6, 6.07) is 19.0. The first-order chi connectivity index (χ1) is 14.4. The van der Waals surface area contributed by atoms with E-state index in [1.165, 1.54) is 17.7 Å². The number of nitrogens with one attached hydrogen (secondary N) is 1. The molecule has 4 rings (SSSR count). The van der Waals surface area contributed by atoms with Crippen LogP contribution in [0.15, 0.2) is 71.7 Å². The minimum Gasteiger partial charge on any atom is -0.324 e. The van der Waals surface area contributed by atoms with Crippen molar-refractivity contribution in [3.63, 3.8) is 0 Å². The largest absolute Gasteiger partial charge is 0.324 e. The van der Waals surface area contributed by atoms with Crippen molar-refractivity contribution in [3.05, 3.63) is 99.8 Å². The number of anilines is 1. The number of fused-ring (bicyclic) bond motifs is 1. The van der Waals surface area contributed by atoms with Gasteiger partial charge in [0.2, 0.25) is 5.91 Å². The molecular formula is C25H22ClFN2O. The topological polar surface area (TPSA) is 41.5 Å². The van der Waals surface area contributed by atoms with Crippen molar-refractivity contribution in [2.75, 3.05) is 5.32 Å². The van der Waals surface area contributed by atoms with Crippen molar-refractivity contribution in [3.8, 4) is 0 Å². The summed E-state index contributed by atoms with van der Waals surface area (Å²) in [5, 5.41) is 3.52. The van der Waals surface area contributed by atoms with E-state index in [9.17, 15) is 9.18 Å². The molecule has 0 fully saturated rings. The van der Waals surface area contributed by atoms with Crippen molar-refractivity contribution >= 4 is 28.9 Å². The summed E-state index contributed by atoms with van der Waals surface area (Å²) in [6.07, 6.45) is 0.471. The van der Waals surface area contributed by atoms with Crippen molar-refractivity contribution in [2.45, 2.75) is 32.2 Å². The second-order valence-electron chi connectivity index (χ2n) is 7.78. The molecule has 0 aromatic heterocycles. The summed E-state index contributed by atoms with van der Waals surface area (Å²) in [4.78, 5) is 17.8. The van der Waals surface area contributed by atoms with Crippen LogP contribution < -0.4 is 5.32 Å². The first-order valence-electron chi connectivity index (χ1n) is 9.94. The molecule has 0 spiro atoms. The van der Waals surface area contributed by atoms with Crippen LogP contribution in [0.4, 0.5) is 10.1 Å². The molecule has 3 aromatic rings. The maximum Gasteiger partial charge on any atom is 0.249 e. The summed E-state index contributed by atoms with van der Waals surface area (Å²) < 4.78 is 13.5. The molecule has 1 N–H and O–H groups in total. The highest BCUT2D eigenvalue weighted by molar-refractivity contribution is 6.32. The van der Waals surface area contributed by atoms with Gasteiger partial charge in [0.15, 0.2) is 0 Å². The lowest BCUT2D eigenvalue weighted by Crippen LogP contribution is -2.27. The molecule has 1 amide bonds. The second-order valence-corrected chi connectivity index (χ2v) is 8.22. The normalized spacial score (nSPS) is 16.0. The number of amides is 1. The van der Waals surface area contributed by atoms with E-state index in [1.807, 2.05) is 12.1 Å². The van der Waals surface area contributed by atoms with Crippen LogP contribution in [0.3, 0.4) is 0 Å². The molecule has 3 aromatic carbocycles. The third kappa shape index (κ3) is 4.29. The third-order valence-electron chi connectivity index (χ3n) is 5.25. The minimum atomic E-state index is -0.612. The first kappa shape index (κ1) is 20.3. The van der Waals surface area contributed by atoms with E-state index in [0.717, 1.165) is 16.7 Å². The van der Waals surface area contributed by atoms with Crippen LogP contribution >= 0.6 is 11.6 Å². The van der Waals surface area contributed by atoms with Crippen LogP contribution in [0.1, 0.15) is 42.0 Å². The average molecular weight is 421 g/mol. The van der Waals surface area contributed by atoms with Crippen molar-refractivity contribution in [1.82, 2.24) is 0 Å². The maximum absolute atomic E-state index is 13.5. The number of benzodiazepines with no additional fused rings is 1. The van der Waals surface area contributed by atoms with E-state index >= 15 is 0 Å². The summed E-state index contributed by atoms with van der Waals surface area (Å²) in [5.41, 5.74) is 4.99. The fourth-order valence-electron chi connectivity index (χ4n) is 3.60. The number of aliphatic imine (C=N–C) groups is 1. The summed E-state index contributed by atoms with van der Waals surface area (Å²) in [5.74, 6) is -0.0984. The molecule has 0 bridgehead atoms. The van der Waals surface area contributed by atoms with Crippen LogP contribution in [-0.4, -0.2) is 17.7 Å². The quantitative estimate of drug-likeness (QED) is 0.552. The number of carbonyl (C=O) groups excluding carboxylic acids is 1. The van der Waals surface area contributed by atoms with Gasteiger partial charge in [-0.3, -0.25) is 9.79 Å². The van der Waals surface area contributed by atoms with Gasteiger partial charge in [0, 0.05) is 22.6 Å². The SMILES string of the molecule is CC(C)c1cccc(CC2N=C(c3ccc(F)cc3)c3cc(Cl)ccc3NC2=O)c1. The Hall–Kier alpha value is -2.98. The lowest BCUT2D eigenvalue weighted by molar-refractivity contribution is -0.117. The van der Waals surface area contributed by atoms with Crippen LogP contribution in [0.5, 0.6) is 0 Å². The Balaban J connectivity index is 1.79. The Kier molecular flexibility index (Phi) is 5.69. The number of halogens is 2. The standard InChI is InChI=1S/C25H22ClFN2O/c1-15(2)18-5-3-4-16(12-18)13-23-25(30)29-22-11-8-19(26)14-21(22)24(28-23)17-6-9-20(27)10-7-17/h3-12,14-15,23H,13H2,1-2H3,(H,29,30). The van der Waals surface area contributed by atoms with Gasteiger partial charge in [0.1, 0.15) is 11.9 Å². The predicted molar refractivity (Wildman–Crippen MR) is 120 cm³/mol. The van der Waals surface area contributed by atoms with Gasteiger partial charge >= 0.3 is 0 Å². The molecule has 30 heavy (non-hydrogen) atoms. The number of hydrogen-bond donors (Lipinski definition) is 1. The lowest BCUT2D eigenvalue weighted by Gasteiger charge is -2.13. The fraction of sp³-hybridized carbons (Fsp3) is 0.200. The number of carbonyl (C=O) groups is 1. The van der Waals surface area contributed by atoms with Gasteiger partial charge in [0.05, 0.1) is 11.4 Å². The molecule has 1 heterocycles. The van der Waals surface area contributed by atoms with Gasteiger partial charge in [-0.05, 0) is 59.5 Å².